The number of benzene rings is 6. The number of hydrogen-bond acceptors (Lipinski definition) is 8. The summed E-state index contributed by atoms with van der Waals surface area (Å²) in [5.41, 5.74) is 1.64. The van der Waals surface area contributed by atoms with Crippen molar-refractivity contribution in [3.8, 4) is 34.5 Å². The number of para-hydroxylation sites is 4. The van der Waals surface area contributed by atoms with Crippen LogP contribution in [-0.4, -0.2) is 34.5 Å². The first kappa shape index (κ1) is 37.2. The Morgan fingerprint density at radius 2 is 0.792 bits per heavy atom. The van der Waals surface area contributed by atoms with Gasteiger partial charge in [0.15, 0.2) is 6.61 Å². The lowest BCUT2D eigenvalue weighted by atomic mass is 9.78. The predicted octanol–water partition coefficient (Wildman–Crippen LogP) is 9.75. The van der Waals surface area contributed by atoms with E-state index < -0.39 is 25.1 Å². The SMILES string of the molecule is CC(C)(c1ccc(OC(O)(COc2ccccc2)Oc2ccccc2)cc1)c1ccc(OC(C)(COc2ccccc2)P(O)Oc2ccccc2)cc1. The first-order valence-corrected chi connectivity index (χ1v) is 18.4. The summed E-state index contributed by atoms with van der Waals surface area (Å²) in [6.45, 7) is 5.81. The van der Waals surface area contributed by atoms with Gasteiger partial charge in [0.25, 0.3) is 8.38 Å². The topological polar surface area (TPSA) is 95.8 Å². The van der Waals surface area contributed by atoms with Gasteiger partial charge in [-0.3, -0.25) is 0 Å². The van der Waals surface area contributed by atoms with Crippen molar-refractivity contribution in [2.24, 2.45) is 0 Å². The van der Waals surface area contributed by atoms with Gasteiger partial charge in [-0.15, -0.1) is 0 Å². The molecule has 0 aromatic heterocycles. The minimum Gasteiger partial charge on any atom is -0.489 e. The van der Waals surface area contributed by atoms with Crippen LogP contribution in [0.2, 0.25) is 0 Å². The molecule has 3 atom stereocenters. The van der Waals surface area contributed by atoms with Crippen LogP contribution in [0.3, 0.4) is 0 Å². The molecular weight excluding hydrogens is 687 g/mol. The summed E-state index contributed by atoms with van der Waals surface area (Å²) in [6.07, 6.45) is 0. The third-order valence-electron chi connectivity index (χ3n) is 8.54. The highest BCUT2D eigenvalue weighted by Gasteiger charge is 2.41. The normalized spacial score (nSPS) is 14.1. The largest absolute Gasteiger partial charge is 0.489 e. The highest BCUT2D eigenvalue weighted by molar-refractivity contribution is 7.48. The Labute approximate surface area is 312 Å². The van der Waals surface area contributed by atoms with Gasteiger partial charge >= 0.3 is 5.97 Å². The van der Waals surface area contributed by atoms with E-state index in [1.54, 1.807) is 55.5 Å². The maximum Gasteiger partial charge on any atom is 0.405 e. The van der Waals surface area contributed by atoms with Crippen molar-refractivity contribution in [3.05, 3.63) is 181 Å². The van der Waals surface area contributed by atoms with Gasteiger partial charge in [0.1, 0.15) is 41.1 Å². The Morgan fingerprint density at radius 1 is 0.434 bits per heavy atom. The maximum atomic E-state index is 11.5. The average Bonchev–Trinajstić information content (AvgIpc) is 3.18. The number of aliphatic hydroxyl groups is 1. The lowest BCUT2D eigenvalue weighted by molar-refractivity contribution is -0.285. The van der Waals surface area contributed by atoms with Gasteiger partial charge in [0.2, 0.25) is 5.34 Å². The fourth-order valence-corrected chi connectivity index (χ4v) is 6.34. The van der Waals surface area contributed by atoms with Gasteiger partial charge in [-0.25, -0.2) is 0 Å². The smallest absolute Gasteiger partial charge is 0.405 e. The molecule has 0 aliphatic carbocycles. The van der Waals surface area contributed by atoms with E-state index in [1.807, 2.05) is 121 Å². The molecule has 0 aliphatic rings. The monoisotopic (exact) mass is 730 g/mol. The highest BCUT2D eigenvalue weighted by atomic mass is 31.2. The van der Waals surface area contributed by atoms with E-state index >= 15 is 0 Å². The van der Waals surface area contributed by atoms with Gasteiger partial charge < -0.3 is 38.2 Å². The van der Waals surface area contributed by atoms with E-state index in [4.69, 9.17) is 28.2 Å². The summed E-state index contributed by atoms with van der Waals surface area (Å²) in [5.74, 6) is 1.06. The number of ether oxygens (including phenoxy) is 5. The molecule has 272 valence electrons. The zero-order valence-electron chi connectivity index (χ0n) is 29.9. The second-order valence-electron chi connectivity index (χ2n) is 13.1. The van der Waals surface area contributed by atoms with Crippen LogP contribution in [0.1, 0.15) is 31.9 Å². The molecule has 53 heavy (non-hydrogen) atoms. The van der Waals surface area contributed by atoms with Gasteiger partial charge in [-0.05, 0) is 90.8 Å². The zero-order chi connectivity index (χ0) is 37.2. The Bertz CT molecular complexity index is 1980. The van der Waals surface area contributed by atoms with E-state index in [0.29, 0.717) is 34.5 Å². The van der Waals surface area contributed by atoms with Crippen LogP contribution < -0.4 is 28.2 Å². The van der Waals surface area contributed by atoms with Crippen molar-refractivity contribution >= 4 is 8.38 Å². The van der Waals surface area contributed by atoms with Crippen LogP contribution in [-0.2, 0) is 5.41 Å². The summed E-state index contributed by atoms with van der Waals surface area (Å²) >= 11 is 0. The Balaban J connectivity index is 1.15. The Morgan fingerprint density at radius 3 is 1.25 bits per heavy atom. The molecule has 0 fully saturated rings. The van der Waals surface area contributed by atoms with Crippen LogP contribution in [0.15, 0.2) is 170 Å². The molecule has 6 rings (SSSR count). The van der Waals surface area contributed by atoms with E-state index in [1.165, 1.54) is 0 Å². The molecule has 0 bridgehead atoms. The molecule has 6 aromatic rings. The predicted molar refractivity (Wildman–Crippen MR) is 207 cm³/mol. The van der Waals surface area contributed by atoms with E-state index in [2.05, 4.69) is 13.8 Å². The third-order valence-corrected chi connectivity index (χ3v) is 9.96. The molecule has 0 spiro atoms. The van der Waals surface area contributed by atoms with Gasteiger partial charge in [-0.1, -0.05) is 111 Å². The van der Waals surface area contributed by atoms with Crippen LogP contribution in [0.5, 0.6) is 34.5 Å². The molecule has 3 unspecified atom stereocenters. The standard InChI is InChI=1S/C44H43O8P/c1-42(2,35-26-30-40(31-27-35)51-44(45,50-38-20-12-6-13-21-38)33-48-37-18-10-5-11-19-37)34-24-28-39(29-25-34)49-43(3,32-47-36-16-8-4-9-17-36)53(46)52-41-22-14-7-15-23-41/h4-31,45-46H,32-33H2,1-3H3. The molecule has 2 N–H and O–H groups in total. The zero-order valence-corrected chi connectivity index (χ0v) is 30.8. The molecule has 0 radical (unpaired) electrons. The van der Waals surface area contributed by atoms with Crippen LogP contribution in [0.25, 0.3) is 0 Å². The lowest BCUT2D eigenvalue weighted by Gasteiger charge is -2.33. The lowest BCUT2D eigenvalue weighted by Crippen LogP contribution is -2.48. The second kappa shape index (κ2) is 16.9. The summed E-state index contributed by atoms with van der Waals surface area (Å²) in [7, 11) is -2.13. The average molecular weight is 731 g/mol. The van der Waals surface area contributed by atoms with Crippen LogP contribution in [0.4, 0.5) is 0 Å². The summed E-state index contributed by atoms with van der Waals surface area (Å²) in [5, 5.41) is 10.3. The molecule has 9 heteroatoms. The first-order valence-electron chi connectivity index (χ1n) is 17.2. The van der Waals surface area contributed by atoms with Gasteiger partial charge in [-0.2, -0.15) is 0 Å². The quantitative estimate of drug-likeness (QED) is 0.0708. The van der Waals surface area contributed by atoms with Crippen molar-refractivity contribution < 1.29 is 38.2 Å². The fourth-order valence-electron chi connectivity index (χ4n) is 5.46. The molecule has 0 saturated carbocycles. The highest BCUT2D eigenvalue weighted by Crippen LogP contribution is 2.48. The summed E-state index contributed by atoms with van der Waals surface area (Å²) in [6, 6.07) is 52.0. The van der Waals surface area contributed by atoms with Crippen LogP contribution in [0, 0.1) is 0 Å². The first-order chi connectivity index (χ1) is 25.6. The van der Waals surface area contributed by atoms with E-state index in [-0.39, 0.29) is 13.2 Å². The molecule has 0 amide bonds. The molecule has 0 heterocycles. The summed E-state index contributed by atoms with van der Waals surface area (Å²) in [4.78, 5) is 11.3. The van der Waals surface area contributed by atoms with Crippen molar-refractivity contribution in [1.29, 1.82) is 0 Å². The molecule has 0 saturated heterocycles. The molecule has 6 aromatic carbocycles. The Kier molecular flexibility index (Phi) is 11.9. The van der Waals surface area contributed by atoms with Crippen molar-refractivity contribution in [2.75, 3.05) is 13.2 Å². The second-order valence-corrected chi connectivity index (χ2v) is 14.7. The van der Waals surface area contributed by atoms with E-state index in [9.17, 15) is 10.00 Å². The molecule has 8 nitrogen and oxygen atoms in total. The minimum atomic E-state index is -2.13. The Hall–Kier alpha value is -5.53. The summed E-state index contributed by atoms with van der Waals surface area (Å²) < 4.78 is 36.2. The maximum absolute atomic E-state index is 11.5. The van der Waals surface area contributed by atoms with Crippen molar-refractivity contribution in [1.82, 2.24) is 0 Å². The molecule has 0 aliphatic heterocycles. The minimum absolute atomic E-state index is 0.0532. The van der Waals surface area contributed by atoms with E-state index in [0.717, 1.165) is 11.1 Å². The van der Waals surface area contributed by atoms with Gasteiger partial charge in [0, 0.05) is 5.41 Å². The third kappa shape index (κ3) is 10.1. The van der Waals surface area contributed by atoms with Crippen LogP contribution >= 0.6 is 8.38 Å². The number of rotatable bonds is 17. The number of hydrogen-bond donors (Lipinski definition) is 2. The van der Waals surface area contributed by atoms with Crippen molar-refractivity contribution in [3.63, 3.8) is 0 Å². The molecular formula is C44H43O8P. The fraction of sp³-hybridized carbons (Fsp3) is 0.182. The van der Waals surface area contributed by atoms with Gasteiger partial charge in [0.05, 0.1) is 0 Å². The van der Waals surface area contributed by atoms with Crippen molar-refractivity contribution in [2.45, 2.75) is 37.5 Å².